The highest BCUT2D eigenvalue weighted by atomic mass is 16.6. The molecule has 1 heterocycles. The van der Waals surface area contributed by atoms with Crippen LogP contribution in [-0.4, -0.2) is 48.0 Å². The van der Waals surface area contributed by atoms with Crippen LogP contribution < -0.4 is 10.2 Å². The molecule has 3 rings (SSSR count). The van der Waals surface area contributed by atoms with Gasteiger partial charge in [0.15, 0.2) is 0 Å². The average molecular weight is 382 g/mol. The molecule has 1 aliphatic rings. The zero-order valence-corrected chi connectivity index (χ0v) is 16.2. The molecule has 1 saturated heterocycles. The van der Waals surface area contributed by atoms with Gasteiger partial charge >= 0.3 is 0 Å². The lowest BCUT2D eigenvalue weighted by molar-refractivity contribution is -0.384. The third kappa shape index (κ3) is 4.67. The molecule has 7 nitrogen and oxygen atoms in total. The minimum Gasteiger partial charge on any atom is -0.369 e. The number of hydrogen-bond acceptors (Lipinski definition) is 5. The Balaban J connectivity index is 1.52. The van der Waals surface area contributed by atoms with E-state index in [-0.39, 0.29) is 23.7 Å². The van der Waals surface area contributed by atoms with Crippen molar-refractivity contribution in [2.24, 2.45) is 0 Å². The molecule has 7 heteroatoms. The third-order valence-corrected chi connectivity index (χ3v) is 5.33. The number of nitrogens with one attached hydrogen (secondary N) is 1. The van der Waals surface area contributed by atoms with E-state index in [1.54, 1.807) is 12.1 Å². The number of amides is 1. The highest BCUT2D eigenvalue weighted by Gasteiger charge is 2.26. The molecule has 2 aromatic carbocycles. The number of carbonyl (C=O) groups excluding carboxylic acids is 1. The predicted octanol–water partition coefficient (Wildman–Crippen LogP) is 2.98. The lowest BCUT2D eigenvalue weighted by atomic mass is 10.1. The van der Waals surface area contributed by atoms with Crippen LogP contribution in [0.1, 0.15) is 25.5 Å². The number of non-ortho nitro benzene ring substituents is 1. The second-order valence-electron chi connectivity index (χ2n) is 7.11. The first-order valence-electron chi connectivity index (χ1n) is 9.54. The maximum Gasteiger partial charge on any atom is 0.269 e. The molecule has 0 aliphatic carbocycles. The van der Waals surface area contributed by atoms with Crippen molar-refractivity contribution < 1.29 is 9.72 Å². The Labute approximate surface area is 165 Å². The molecule has 2 aromatic rings. The van der Waals surface area contributed by atoms with Crippen LogP contribution in [0, 0.1) is 10.1 Å². The highest BCUT2D eigenvalue weighted by molar-refractivity contribution is 5.81. The van der Waals surface area contributed by atoms with Crippen molar-refractivity contribution in [2.75, 3.05) is 31.1 Å². The largest absolute Gasteiger partial charge is 0.369 e. The molecule has 1 amide bonds. The van der Waals surface area contributed by atoms with Crippen molar-refractivity contribution in [3.05, 3.63) is 70.3 Å². The summed E-state index contributed by atoms with van der Waals surface area (Å²) in [5, 5.41) is 13.9. The normalized spacial score (nSPS) is 17.0. The number of benzene rings is 2. The molecular weight excluding hydrogens is 356 g/mol. The van der Waals surface area contributed by atoms with E-state index in [0.29, 0.717) is 0 Å². The van der Waals surface area contributed by atoms with Gasteiger partial charge in [0, 0.05) is 44.0 Å². The number of nitrogens with zero attached hydrogens (tertiary/aromatic N) is 3. The Hall–Kier alpha value is -2.93. The van der Waals surface area contributed by atoms with Gasteiger partial charge in [-0.3, -0.25) is 19.8 Å². The SMILES string of the molecule is CC(NC(=O)C(C)N1CCN(c2ccc([N+](=O)[O-])cc2)CC1)c1ccccc1. The van der Waals surface area contributed by atoms with E-state index < -0.39 is 4.92 Å². The molecule has 0 bridgehead atoms. The van der Waals surface area contributed by atoms with Crippen molar-refractivity contribution >= 4 is 17.3 Å². The van der Waals surface area contributed by atoms with E-state index in [1.165, 1.54) is 12.1 Å². The van der Waals surface area contributed by atoms with E-state index in [9.17, 15) is 14.9 Å². The number of piperazine rings is 1. The summed E-state index contributed by atoms with van der Waals surface area (Å²) in [5.41, 5.74) is 2.16. The minimum atomic E-state index is -0.390. The van der Waals surface area contributed by atoms with Gasteiger partial charge in [-0.25, -0.2) is 0 Å². The summed E-state index contributed by atoms with van der Waals surface area (Å²) >= 11 is 0. The maximum atomic E-state index is 12.6. The quantitative estimate of drug-likeness (QED) is 0.614. The Kier molecular flexibility index (Phi) is 6.26. The molecule has 0 radical (unpaired) electrons. The number of nitro benzene ring substituents is 1. The lowest BCUT2D eigenvalue weighted by Crippen LogP contribution is -2.54. The summed E-state index contributed by atoms with van der Waals surface area (Å²) in [6.45, 7) is 7.03. The van der Waals surface area contributed by atoms with Crippen molar-refractivity contribution in [1.29, 1.82) is 0 Å². The Morgan fingerprint density at radius 1 is 1.00 bits per heavy atom. The predicted molar refractivity (Wildman–Crippen MR) is 109 cm³/mol. The summed E-state index contributed by atoms with van der Waals surface area (Å²) in [6, 6.07) is 16.3. The number of rotatable bonds is 6. The molecule has 0 saturated carbocycles. The van der Waals surface area contributed by atoms with Crippen molar-refractivity contribution in [3.63, 3.8) is 0 Å². The van der Waals surface area contributed by atoms with Crippen LogP contribution in [0.3, 0.4) is 0 Å². The third-order valence-electron chi connectivity index (χ3n) is 5.33. The minimum absolute atomic E-state index is 0.0279. The second kappa shape index (κ2) is 8.84. The van der Waals surface area contributed by atoms with Crippen LogP contribution in [0.5, 0.6) is 0 Å². The van der Waals surface area contributed by atoms with Gasteiger partial charge in [0.25, 0.3) is 5.69 Å². The van der Waals surface area contributed by atoms with Gasteiger partial charge in [-0.15, -0.1) is 0 Å². The van der Waals surface area contributed by atoms with Crippen LogP contribution in [0.2, 0.25) is 0 Å². The molecule has 148 valence electrons. The fraction of sp³-hybridized carbons (Fsp3) is 0.381. The number of hydrogen-bond donors (Lipinski definition) is 1. The van der Waals surface area contributed by atoms with Gasteiger partial charge in [0.05, 0.1) is 17.0 Å². The van der Waals surface area contributed by atoms with Gasteiger partial charge < -0.3 is 10.2 Å². The first-order chi connectivity index (χ1) is 13.5. The van der Waals surface area contributed by atoms with Crippen LogP contribution in [0.25, 0.3) is 0 Å². The van der Waals surface area contributed by atoms with Crippen molar-refractivity contribution in [2.45, 2.75) is 25.9 Å². The summed E-state index contributed by atoms with van der Waals surface area (Å²) in [6.07, 6.45) is 0. The number of carbonyl (C=O) groups is 1. The Morgan fingerprint density at radius 3 is 2.18 bits per heavy atom. The standard InChI is InChI=1S/C21H26N4O3/c1-16(18-6-4-3-5-7-18)22-21(26)17(2)23-12-14-24(15-13-23)19-8-10-20(11-9-19)25(27)28/h3-11,16-17H,12-15H2,1-2H3,(H,22,26). The average Bonchev–Trinajstić information content (AvgIpc) is 2.74. The summed E-state index contributed by atoms with van der Waals surface area (Å²) in [4.78, 5) is 27.4. The summed E-state index contributed by atoms with van der Waals surface area (Å²) < 4.78 is 0. The molecule has 1 fully saturated rings. The van der Waals surface area contributed by atoms with E-state index >= 15 is 0 Å². The fourth-order valence-corrected chi connectivity index (χ4v) is 3.48. The van der Waals surface area contributed by atoms with E-state index in [1.807, 2.05) is 44.2 Å². The van der Waals surface area contributed by atoms with E-state index in [4.69, 9.17) is 0 Å². The monoisotopic (exact) mass is 382 g/mol. The van der Waals surface area contributed by atoms with Crippen LogP contribution in [0.4, 0.5) is 11.4 Å². The van der Waals surface area contributed by atoms with Gasteiger partial charge in [-0.1, -0.05) is 30.3 Å². The zero-order chi connectivity index (χ0) is 20.1. The van der Waals surface area contributed by atoms with Crippen molar-refractivity contribution in [1.82, 2.24) is 10.2 Å². The van der Waals surface area contributed by atoms with Crippen LogP contribution >= 0.6 is 0 Å². The van der Waals surface area contributed by atoms with E-state index in [0.717, 1.165) is 37.4 Å². The molecule has 0 aromatic heterocycles. The summed E-state index contributed by atoms with van der Waals surface area (Å²) in [7, 11) is 0. The molecular formula is C21H26N4O3. The second-order valence-corrected chi connectivity index (χ2v) is 7.11. The van der Waals surface area contributed by atoms with Gasteiger partial charge in [-0.05, 0) is 31.5 Å². The molecule has 2 atom stereocenters. The smallest absolute Gasteiger partial charge is 0.269 e. The van der Waals surface area contributed by atoms with Gasteiger partial charge in [0.1, 0.15) is 0 Å². The zero-order valence-electron chi connectivity index (χ0n) is 16.2. The lowest BCUT2D eigenvalue weighted by Gasteiger charge is -2.38. The van der Waals surface area contributed by atoms with Crippen molar-refractivity contribution in [3.8, 4) is 0 Å². The highest BCUT2D eigenvalue weighted by Crippen LogP contribution is 2.21. The van der Waals surface area contributed by atoms with Crippen LogP contribution in [-0.2, 0) is 4.79 Å². The molecule has 28 heavy (non-hydrogen) atoms. The van der Waals surface area contributed by atoms with E-state index in [2.05, 4.69) is 15.1 Å². The van der Waals surface area contributed by atoms with Gasteiger partial charge in [0.2, 0.25) is 5.91 Å². The fourth-order valence-electron chi connectivity index (χ4n) is 3.48. The first-order valence-corrected chi connectivity index (χ1v) is 9.54. The summed E-state index contributed by atoms with van der Waals surface area (Å²) in [5.74, 6) is 0.0279. The number of anilines is 1. The molecule has 0 spiro atoms. The molecule has 1 N–H and O–H groups in total. The maximum absolute atomic E-state index is 12.6. The number of nitro groups is 1. The van der Waals surface area contributed by atoms with Gasteiger partial charge in [-0.2, -0.15) is 0 Å². The Morgan fingerprint density at radius 2 is 1.61 bits per heavy atom. The molecule has 2 unspecified atom stereocenters. The molecule has 1 aliphatic heterocycles. The first kappa shape index (κ1) is 19.8. The topological polar surface area (TPSA) is 78.7 Å². The van der Waals surface area contributed by atoms with Crippen LogP contribution in [0.15, 0.2) is 54.6 Å². The Bertz CT molecular complexity index is 802.